The molecule has 1 amide bonds. The van der Waals surface area contributed by atoms with Gasteiger partial charge in [-0.2, -0.15) is 0 Å². The van der Waals surface area contributed by atoms with Crippen molar-refractivity contribution in [2.45, 2.75) is 18.6 Å². The van der Waals surface area contributed by atoms with Crippen LogP contribution in [-0.4, -0.2) is 97.8 Å². The predicted octanol–water partition coefficient (Wildman–Crippen LogP) is -0.566. The highest BCUT2D eigenvalue weighted by atomic mass is 16.5. The Bertz CT molecular complexity index is 549. The minimum absolute atomic E-state index is 0.0722. The highest BCUT2D eigenvalue weighted by Gasteiger charge is 2.34. The van der Waals surface area contributed by atoms with E-state index in [1.165, 1.54) is 0 Å². The first-order valence-electron chi connectivity index (χ1n) is 8.92. The van der Waals surface area contributed by atoms with Crippen molar-refractivity contribution in [2.75, 3.05) is 64.9 Å². The number of likely N-dealkylation sites (tertiary alicyclic amines) is 1. The molecule has 0 bridgehead atoms. The lowest BCUT2D eigenvalue weighted by Gasteiger charge is -2.34. The molecular formula is C17H28N6O2. The quantitative estimate of drug-likeness (QED) is 0.738. The Morgan fingerprint density at radius 2 is 2.00 bits per heavy atom. The molecule has 0 aliphatic carbocycles. The predicted molar refractivity (Wildman–Crippen MR) is 95.5 cm³/mol. The summed E-state index contributed by atoms with van der Waals surface area (Å²) in [5.41, 5.74) is 0. The number of likely N-dealkylation sites (N-methyl/N-ethyl adjacent to an activating group) is 1. The van der Waals surface area contributed by atoms with E-state index in [9.17, 15) is 4.79 Å². The highest BCUT2D eigenvalue weighted by molar-refractivity contribution is 5.82. The summed E-state index contributed by atoms with van der Waals surface area (Å²) in [6.45, 7) is 6.13. The Labute approximate surface area is 149 Å². The van der Waals surface area contributed by atoms with Crippen LogP contribution in [0.15, 0.2) is 18.5 Å². The molecule has 1 N–H and O–H groups in total. The average Bonchev–Trinajstić information content (AvgIpc) is 3.04. The maximum atomic E-state index is 12.3. The Morgan fingerprint density at radius 3 is 2.64 bits per heavy atom. The number of carbonyl (C=O) groups excluding carboxylic acids is 1. The molecule has 3 heterocycles. The molecule has 1 aromatic rings. The maximum Gasteiger partial charge on any atom is 0.237 e. The zero-order chi connectivity index (χ0) is 17.6. The number of methoxy groups -OCH3 is 1. The number of anilines is 1. The number of piperazine rings is 1. The van der Waals surface area contributed by atoms with Gasteiger partial charge >= 0.3 is 0 Å². The summed E-state index contributed by atoms with van der Waals surface area (Å²) in [7, 11) is 3.69. The van der Waals surface area contributed by atoms with Crippen molar-refractivity contribution in [3.8, 4) is 0 Å². The van der Waals surface area contributed by atoms with Gasteiger partial charge in [0.2, 0.25) is 11.9 Å². The van der Waals surface area contributed by atoms with Crippen LogP contribution in [0.25, 0.3) is 0 Å². The van der Waals surface area contributed by atoms with E-state index in [0.29, 0.717) is 6.54 Å². The van der Waals surface area contributed by atoms with Crippen LogP contribution >= 0.6 is 0 Å². The third kappa shape index (κ3) is 4.65. The largest absolute Gasteiger partial charge is 0.380 e. The van der Waals surface area contributed by atoms with Crippen molar-refractivity contribution in [3.05, 3.63) is 18.5 Å². The molecular weight excluding hydrogens is 320 g/mol. The van der Waals surface area contributed by atoms with Crippen LogP contribution in [0.4, 0.5) is 5.95 Å². The zero-order valence-corrected chi connectivity index (χ0v) is 15.1. The van der Waals surface area contributed by atoms with Crippen LogP contribution in [0.2, 0.25) is 0 Å². The first-order valence-corrected chi connectivity index (χ1v) is 8.92. The normalized spacial score (nSPS) is 25.3. The van der Waals surface area contributed by atoms with E-state index in [1.54, 1.807) is 19.5 Å². The third-order valence-corrected chi connectivity index (χ3v) is 5.08. The molecule has 0 aromatic carbocycles. The van der Waals surface area contributed by atoms with Gasteiger partial charge < -0.3 is 15.0 Å². The second kappa shape index (κ2) is 8.55. The Hall–Kier alpha value is -1.77. The summed E-state index contributed by atoms with van der Waals surface area (Å²) in [5.74, 6) is 0.908. The molecule has 0 unspecified atom stereocenters. The van der Waals surface area contributed by atoms with Crippen molar-refractivity contribution >= 4 is 11.9 Å². The molecule has 2 fully saturated rings. The molecule has 1 aromatic heterocycles. The summed E-state index contributed by atoms with van der Waals surface area (Å²) >= 11 is 0. The van der Waals surface area contributed by atoms with Gasteiger partial charge in [0.15, 0.2) is 0 Å². The number of ether oxygens (including phenoxy) is 1. The van der Waals surface area contributed by atoms with Crippen LogP contribution in [0.1, 0.15) is 6.42 Å². The third-order valence-electron chi connectivity index (χ3n) is 5.08. The molecule has 0 radical (unpaired) electrons. The summed E-state index contributed by atoms with van der Waals surface area (Å²) in [6.07, 6.45) is 4.49. The van der Waals surface area contributed by atoms with Gasteiger partial charge in [0.1, 0.15) is 0 Å². The van der Waals surface area contributed by atoms with Gasteiger partial charge in [-0.1, -0.05) is 0 Å². The topological polar surface area (TPSA) is 73.8 Å². The Kier molecular flexibility index (Phi) is 6.17. The van der Waals surface area contributed by atoms with E-state index >= 15 is 0 Å². The van der Waals surface area contributed by atoms with Gasteiger partial charge in [-0.05, 0) is 19.5 Å². The molecule has 2 aliphatic rings. The number of rotatable bonds is 6. The Balaban J connectivity index is 1.36. The van der Waals surface area contributed by atoms with E-state index in [2.05, 4.69) is 30.0 Å². The van der Waals surface area contributed by atoms with Gasteiger partial charge in [0.25, 0.3) is 0 Å². The fourth-order valence-electron chi connectivity index (χ4n) is 3.51. The number of carbonyl (C=O) groups is 1. The highest BCUT2D eigenvalue weighted by Crippen LogP contribution is 2.18. The lowest BCUT2D eigenvalue weighted by atomic mass is 10.2. The van der Waals surface area contributed by atoms with E-state index in [-0.39, 0.29) is 18.1 Å². The van der Waals surface area contributed by atoms with Crippen LogP contribution in [0.5, 0.6) is 0 Å². The van der Waals surface area contributed by atoms with E-state index in [1.807, 2.05) is 13.1 Å². The number of nitrogens with one attached hydrogen (secondary N) is 1. The molecule has 138 valence electrons. The van der Waals surface area contributed by atoms with Gasteiger partial charge in [0.05, 0.1) is 12.1 Å². The van der Waals surface area contributed by atoms with Crippen LogP contribution < -0.4 is 10.2 Å². The van der Waals surface area contributed by atoms with Crippen LogP contribution in [0, 0.1) is 0 Å². The SMILES string of the molecule is CO[C@H]1C[C@@H](C(=O)NCCN2CCN(c3ncccn3)CC2)N(C)C1. The lowest BCUT2D eigenvalue weighted by molar-refractivity contribution is -0.125. The second-order valence-electron chi connectivity index (χ2n) is 6.72. The standard InChI is InChI=1S/C17H28N6O2/c1-21-13-14(25-2)12-15(21)16(24)18-6-7-22-8-10-23(11-9-22)17-19-4-3-5-20-17/h3-5,14-15H,6-13H2,1-2H3,(H,18,24)/t14-,15-/m0/s1. The number of hydrogen-bond acceptors (Lipinski definition) is 7. The van der Waals surface area contributed by atoms with E-state index in [0.717, 1.165) is 51.6 Å². The second-order valence-corrected chi connectivity index (χ2v) is 6.72. The molecule has 3 rings (SSSR count). The summed E-state index contributed by atoms with van der Waals surface area (Å²) in [4.78, 5) is 27.6. The fraction of sp³-hybridized carbons (Fsp3) is 0.706. The molecule has 0 saturated carbocycles. The first kappa shape index (κ1) is 18.0. The van der Waals surface area contributed by atoms with Crippen molar-refractivity contribution in [1.82, 2.24) is 25.1 Å². The fourth-order valence-corrected chi connectivity index (χ4v) is 3.51. The number of aromatic nitrogens is 2. The summed E-state index contributed by atoms with van der Waals surface area (Å²) in [6, 6.07) is 1.76. The van der Waals surface area contributed by atoms with Gasteiger partial charge in [-0.3, -0.25) is 14.6 Å². The van der Waals surface area contributed by atoms with Crippen LogP contribution in [0.3, 0.4) is 0 Å². The molecule has 25 heavy (non-hydrogen) atoms. The minimum atomic E-state index is -0.0722. The molecule has 8 nitrogen and oxygen atoms in total. The van der Waals surface area contributed by atoms with Crippen molar-refractivity contribution in [3.63, 3.8) is 0 Å². The Morgan fingerprint density at radius 1 is 1.28 bits per heavy atom. The van der Waals surface area contributed by atoms with Gasteiger partial charge in [-0.25, -0.2) is 9.97 Å². The van der Waals surface area contributed by atoms with Gasteiger partial charge in [-0.15, -0.1) is 0 Å². The smallest absolute Gasteiger partial charge is 0.237 e. The zero-order valence-electron chi connectivity index (χ0n) is 15.1. The number of amides is 1. The monoisotopic (exact) mass is 348 g/mol. The molecule has 8 heteroatoms. The first-order chi connectivity index (χ1) is 12.2. The number of hydrogen-bond donors (Lipinski definition) is 1. The average molecular weight is 348 g/mol. The van der Waals surface area contributed by atoms with E-state index in [4.69, 9.17) is 4.74 Å². The maximum absolute atomic E-state index is 12.3. The summed E-state index contributed by atoms with van der Waals surface area (Å²) in [5, 5.41) is 3.07. The number of nitrogens with zero attached hydrogens (tertiary/aromatic N) is 5. The lowest BCUT2D eigenvalue weighted by Crippen LogP contribution is -2.50. The molecule has 2 saturated heterocycles. The van der Waals surface area contributed by atoms with Crippen LogP contribution in [-0.2, 0) is 9.53 Å². The van der Waals surface area contributed by atoms with Gasteiger partial charge in [0, 0.05) is 65.3 Å². The molecule has 0 spiro atoms. The molecule has 2 aliphatic heterocycles. The van der Waals surface area contributed by atoms with Crippen molar-refractivity contribution in [2.24, 2.45) is 0 Å². The van der Waals surface area contributed by atoms with E-state index < -0.39 is 0 Å². The molecule has 2 atom stereocenters. The van der Waals surface area contributed by atoms with Crippen molar-refractivity contribution in [1.29, 1.82) is 0 Å². The van der Waals surface area contributed by atoms with Crippen molar-refractivity contribution < 1.29 is 9.53 Å². The minimum Gasteiger partial charge on any atom is -0.380 e. The summed E-state index contributed by atoms with van der Waals surface area (Å²) < 4.78 is 5.36.